The number of fused-ring (bicyclic) bond motifs is 1. The Morgan fingerprint density at radius 3 is 2.45 bits per heavy atom. The molecule has 2 aromatic carbocycles. The number of rotatable bonds is 1. The van der Waals surface area contributed by atoms with Crippen LogP contribution in [0.1, 0.15) is 22.4 Å². The molecule has 0 atom stereocenters. The van der Waals surface area contributed by atoms with E-state index in [-0.39, 0.29) is 11.3 Å². The molecule has 7 heteroatoms. The number of alkyl halides is 3. The van der Waals surface area contributed by atoms with Gasteiger partial charge in [0.05, 0.1) is 17.5 Å². The largest absolute Gasteiger partial charge is 0.433 e. The van der Waals surface area contributed by atoms with Gasteiger partial charge in [0.25, 0.3) is 0 Å². The molecule has 0 saturated carbocycles. The van der Waals surface area contributed by atoms with Crippen LogP contribution in [-0.4, -0.2) is 14.6 Å². The highest BCUT2D eigenvalue weighted by molar-refractivity contribution is 6.31. The molecule has 0 saturated heterocycles. The Labute approximate surface area is 169 Å². The lowest BCUT2D eigenvalue weighted by atomic mass is 10.1. The second-order valence-electron chi connectivity index (χ2n) is 6.40. The number of benzene rings is 2. The van der Waals surface area contributed by atoms with E-state index >= 15 is 0 Å². The van der Waals surface area contributed by atoms with Crippen LogP contribution in [0.3, 0.4) is 0 Å². The van der Waals surface area contributed by atoms with Crippen molar-refractivity contribution in [2.45, 2.75) is 13.1 Å². The summed E-state index contributed by atoms with van der Waals surface area (Å²) in [6.07, 6.45) is -3.31. The van der Waals surface area contributed by atoms with Crippen LogP contribution in [0.4, 0.5) is 13.2 Å². The predicted molar refractivity (Wildman–Crippen MR) is 106 cm³/mol. The molecule has 0 spiro atoms. The summed E-state index contributed by atoms with van der Waals surface area (Å²) in [5.41, 5.74) is 1.64. The Balaban J connectivity index is 1.92. The monoisotopic (exact) mass is 411 g/mol. The van der Waals surface area contributed by atoms with E-state index in [1.54, 1.807) is 25.1 Å². The molecule has 3 nitrogen and oxygen atoms in total. The van der Waals surface area contributed by atoms with Crippen molar-refractivity contribution >= 4 is 17.2 Å². The average Bonchev–Trinajstić information content (AvgIpc) is 3.10. The third-order valence-electron chi connectivity index (χ3n) is 4.33. The Morgan fingerprint density at radius 1 is 1.00 bits per heavy atom. The zero-order valence-corrected chi connectivity index (χ0v) is 15.9. The topological polar surface area (TPSA) is 30.2 Å². The summed E-state index contributed by atoms with van der Waals surface area (Å²) in [6, 6.07) is 15.1. The molecule has 0 fully saturated rings. The van der Waals surface area contributed by atoms with Gasteiger partial charge in [-0.15, -0.1) is 0 Å². The van der Waals surface area contributed by atoms with Crippen molar-refractivity contribution in [2.24, 2.45) is 0 Å². The number of aromatic nitrogens is 3. The summed E-state index contributed by atoms with van der Waals surface area (Å²) in [4.78, 5) is 4.42. The molecular formula is C22H13ClF3N3. The predicted octanol–water partition coefficient (Wildman–Crippen LogP) is 5.78. The fraction of sp³-hybridized carbons (Fsp3) is 0.0909. The summed E-state index contributed by atoms with van der Waals surface area (Å²) >= 11 is 6.04. The van der Waals surface area contributed by atoms with Crippen molar-refractivity contribution in [1.29, 1.82) is 0 Å². The Bertz CT molecular complexity index is 1270. The molecule has 0 bridgehead atoms. The van der Waals surface area contributed by atoms with Gasteiger partial charge in [0.1, 0.15) is 0 Å². The van der Waals surface area contributed by atoms with Gasteiger partial charge in [0.2, 0.25) is 0 Å². The lowest BCUT2D eigenvalue weighted by molar-refractivity contribution is -0.142. The number of halogens is 4. The van der Waals surface area contributed by atoms with Crippen molar-refractivity contribution in [2.75, 3.05) is 0 Å². The molecule has 29 heavy (non-hydrogen) atoms. The van der Waals surface area contributed by atoms with Gasteiger partial charge in [0.15, 0.2) is 11.3 Å². The van der Waals surface area contributed by atoms with Crippen LogP contribution in [0.25, 0.3) is 16.9 Å². The van der Waals surface area contributed by atoms with Crippen LogP contribution >= 0.6 is 11.6 Å². The SMILES string of the molecule is Cc1cc(-c2cc(C(F)(F)F)n3ncc(C#Cc4ccccc4)c3n2)ccc1Cl. The van der Waals surface area contributed by atoms with Gasteiger partial charge in [-0.2, -0.15) is 18.3 Å². The van der Waals surface area contributed by atoms with E-state index in [0.29, 0.717) is 16.1 Å². The minimum absolute atomic E-state index is 0.0471. The first-order valence-corrected chi connectivity index (χ1v) is 9.00. The average molecular weight is 412 g/mol. The van der Waals surface area contributed by atoms with Crippen molar-refractivity contribution in [3.63, 3.8) is 0 Å². The van der Waals surface area contributed by atoms with Crippen LogP contribution in [0.2, 0.25) is 5.02 Å². The zero-order chi connectivity index (χ0) is 20.6. The van der Waals surface area contributed by atoms with Gasteiger partial charge in [-0.25, -0.2) is 9.50 Å². The lowest BCUT2D eigenvalue weighted by Gasteiger charge is -2.11. The summed E-state index contributed by atoms with van der Waals surface area (Å²) in [5, 5.41) is 4.41. The van der Waals surface area contributed by atoms with E-state index in [0.717, 1.165) is 21.7 Å². The molecule has 0 amide bonds. The lowest BCUT2D eigenvalue weighted by Crippen LogP contribution is -2.13. The molecule has 0 aliphatic heterocycles. The molecule has 2 heterocycles. The first kappa shape index (κ1) is 19.0. The Kier molecular flexibility index (Phi) is 4.77. The smallest absolute Gasteiger partial charge is 0.227 e. The quantitative estimate of drug-likeness (QED) is 0.372. The summed E-state index contributed by atoms with van der Waals surface area (Å²) in [5.74, 6) is 5.81. The molecule has 4 rings (SSSR count). The zero-order valence-electron chi connectivity index (χ0n) is 15.1. The molecule has 4 aromatic rings. The van der Waals surface area contributed by atoms with Crippen LogP contribution in [-0.2, 0) is 6.18 Å². The number of nitrogens with zero attached hydrogens (tertiary/aromatic N) is 3. The number of hydrogen-bond acceptors (Lipinski definition) is 2. The molecular weight excluding hydrogens is 399 g/mol. The van der Waals surface area contributed by atoms with Crippen LogP contribution in [0, 0.1) is 18.8 Å². The molecule has 0 aliphatic carbocycles. The maximum atomic E-state index is 13.7. The van der Waals surface area contributed by atoms with E-state index in [4.69, 9.17) is 11.6 Å². The minimum Gasteiger partial charge on any atom is -0.227 e. The van der Waals surface area contributed by atoms with E-state index in [1.807, 2.05) is 30.3 Å². The van der Waals surface area contributed by atoms with Crippen molar-refractivity contribution in [1.82, 2.24) is 14.6 Å². The highest BCUT2D eigenvalue weighted by atomic mass is 35.5. The standard InChI is InChI=1S/C22H13ClF3N3/c1-14-11-16(9-10-18(14)23)19-12-20(22(24,25)26)29-21(28-19)17(13-27-29)8-7-15-5-3-2-4-6-15/h2-6,9-13H,1H3. The van der Waals surface area contributed by atoms with E-state index in [2.05, 4.69) is 21.9 Å². The number of hydrogen-bond donors (Lipinski definition) is 0. The second-order valence-corrected chi connectivity index (χ2v) is 6.81. The maximum Gasteiger partial charge on any atom is 0.433 e. The van der Waals surface area contributed by atoms with E-state index in [1.165, 1.54) is 6.20 Å². The molecule has 0 radical (unpaired) electrons. The Morgan fingerprint density at radius 2 is 1.76 bits per heavy atom. The van der Waals surface area contributed by atoms with Gasteiger partial charge in [0, 0.05) is 16.1 Å². The van der Waals surface area contributed by atoms with Crippen LogP contribution in [0.15, 0.2) is 60.8 Å². The Hall–Kier alpha value is -3.30. The fourth-order valence-electron chi connectivity index (χ4n) is 2.87. The number of aryl methyl sites for hydroxylation is 1. The van der Waals surface area contributed by atoms with Gasteiger partial charge >= 0.3 is 6.18 Å². The van der Waals surface area contributed by atoms with Gasteiger partial charge < -0.3 is 0 Å². The summed E-state index contributed by atoms with van der Waals surface area (Å²) in [6.45, 7) is 1.78. The second kappa shape index (κ2) is 7.26. The van der Waals surface area contributed by atoms with Crippen molar-refractivity contribution in [3.8, 4) is 23.1 Å². The normalized spacial score (nSPS) is 11.3. The maximum absolute atomic E-state index is 13.7. The fourth-order valence-corrected chi connectivity index (χ4v) is 2.98. The van der Waals surface area contributed by atoms with Crippen molar-refractivity contribution in [3.05, 3.63) is 88.2 Å². The first-order valence-electron chi connectivity index (χ1n) is 8.62. The minimum atomic E-state index is -4.60. The van der Waals surface area contributed by atoms with E-state index < -0.39 is 11.9 Å². The third-order valence-corrected chi connectivity index (χ3v) is 4.76. The van der Waals surface area contributed by atoms with Gasteiger partial charge in [-0.05, 0) is 42.8 Å². The summed E-state index contributed by atoms with van der Waals surface area (Å²) < 4.78 is 41.8. The highest BCUT2D eigenvalue weighted by Gasteiger charge is 2.35. The van der Waals surface area contributed by atoms with Crippen LogP contribution < -0.4 is 0 Å². The molecule has 0 aliphatic rings. The first-order chi connectivity index (χ1) is 13.8. The molecule has 0 N–H and O–H groups in total. The highest BCUT2D eigenvalue weighted by Crippen LogP contribution is 2.33. The van der Waals surface area contributed by atoms with E-state index in [9.17, 15) is 13.2 Å². The van der Waals surface area contributed by atoms with Gasteiger partial charge in [-0.1, -0.05) is 47.7 Å². The van der Waals surface area contributed by atoms with Crippen LogP contribution in [0.5, 0.6) is 0 Å². The van der Waals surface area contributed by atoms with Crippen molar-refractivity contribution < 1.29 is 13.2 Å². The molecule has 0 unspecified atom stereocenters. The third kappa shape index (κ3) is 3.82. The summed E-state index contributed by atoms with van der Waals surface area (Å²) in [7, 11) is 0. The molecule has 144 valence electrons. The molecule has 2 aromatic heterocycles. The van der Waals surface area contributed by atoms with Gasteiger partial charge in [-0.3, -0.25) is 0 Å².